The molecule has 4 aliphatic heterocycles. The van der Waals surface area contributed by atoms with Crippen LogP contribution in [0, 0.1) is 35.0 Å². The van der Waals surface area contributed by atoms with Gasteiger partial charge in [0.25, 0.3) is 11.7 Å². The van der Waals surface area contributed by atoms with Gasteiger partial charge < -0.3 is 113 Å². The number of allylic oxidation sites excluding steroid dienone is 6. The molecule has 0 radical (unpaired) electrons. The summed E-state index contributed by atoms with van der Waals surface area (Å²) in [6, 6.07) is 9.31. The van der Waals surface area contributed by atoms with Gasteiger partial charge in [0.2, 0.25) is 17.6 Å². The third kappa shape index (κ3) is 37.4. The number of aromatic nitrogens is 4. The quantitative estimate of drug-likeness (QED) is 0.00670. The molecule has 1 aromatic carbocycles. The minimum atomic E-state index is -2.40. The van der Waals surface area contributed by atoms with Crippen molar-refractivity contribution >= 4 is 75.5 Å². The summed E-state index contributed by atoms with van der Waals surface area (Å²) in [5.41, 5.74) is 12.9. The number of nitrogens with one attached hydrogen (secondary N) is 5. The number of methoxy groups -OCH3 is 1. The molecular weight excluding hydrogens is 1720 g/mol. The van der Waals surface area contributed by atoms with Crippen LogP contribution in [0.25, 0.3) is 11.0 Å². The second-order valence-corrected chi connectivity index (χ2v) is 35.1. The van der Waals surface area contributed by atoms with Crippen LogP contribution in [0.3, 0.4) is 0 Å². The number of anilines is 2. The molecule has 3 fully saturated rings. The lowest BCUT2D eigenvalue weighted by Gasteiger charge is -2.43. The Balaban J connectivity index is 0.527. The van der Waals surface area contributed by atoms with Crippen molar-refractivity contribution in [3.05, 3.63) is 124 Å². The van der Waals surface area contributed by atoms with E-state index in [1.165, 1.54) is 16.8 Å². The normalized spacial score (nSPS) is 24.8. The number of piperidine rings is 1. The number of esters is 1. The summed E-state index contributed by atoms with van der Waals surface area (Å²) < 4.78 is 79.9. The number of cyclic esters (lactones) is 1. The highest BCUT2D eigenvalue weighted by Crippen LogP contribution is 2.38. The lowest BCUT2D eigenvalue weighted by Crippen LogP contribution is -2.60. The van der Waals surface area contributed by atoms with Crippen molar-refractivity contribution in [3.8, 4) is 0 Å². The zero-order valence-corrected chi connectivity index (χ0v) is 78.9. The number of aromatic amines is 1. The molecule has 3 aromatic heterocycles. The van der Waals surface area contributed by atoms with Crippen LogP contribution in [0.4, 0.5) is 16.4 Å². The Labute approximate surface area is 782 Å². The van der Waals surface area contributed by atoms with Gasteiger partial charge in [-0.15, -0.1) is 0 Å². The Hall–Kier alpha value is -9.18. The minimum absolute atomic E-state index is 0.0400. The molecule has 1 aliphatic carbocycles. The lowest BCUT2D eigenvalue weighted by molar-refractivity contribution is -0.265. The first-order valence-electron chi connectivity index (χ1n) is 47.5. The van der Waals surface area contributed by atoms with E-state index in [4.69, 9.17) is 77.5 Å². The van der Waals surface area contributed by atoms with Gasteiger partial charge in [0.1, 0.15) is 47.4 Å². The van der Waals surface area contributed by atoms with E-state index in [1.54, 1.807) is 46.4 Å². The number of benzene rings is 1. The monoisotopic (exact) mass is 1860 g/mol. The fourth-order valence-corrected chi connectivity index (χ4v) is 16.9. The van der Waals surface area contributed by atoms with Crippen LogP contribution in [0.1, 0.15) is 185 Å². The average Bonchev–Trinajstić information content (AvgIpc) is 1.34. The summed E-state index contributed by atoms with van der Waals surface area (Å²) in [5, 5.41) is 42.0. The molecule has 10 atom stereocenters. The summed E-state index contributed by atoms with van der Waals surface area (Å²) in [4.78, 5) is 128. The zero-order chi connectivity index (χ0) is 95.1. The highest BCUT2D eigenvalue weighted by atomic mass is 16.6. The van der Waals surface area contributed by atoms with Crippen LogP contribution in [0.2, 0.25) is 0 Å². The van der Waals surface area contributed by atoms with Gasteiger partial charge in [-0.05, 0) is 149 Å². The number of amides is 4. The maximum Gasteiger partial charge on any atom is 0.407 e. The van der Waals surface area contributed by atoms with Gasteiger partial charge in [-0.1, -0.05) is 82.4 Å². The SMILES string of the molecule is CO[C@H]1CC2CC[C@@H](C)[C@@](O)(O2)C(=O)C(=O)N2CCCC[C@H]2CC(=O)O[C@H](CC[C@H]2CC[C@H](OC(=O)NCCOCCOCCOCCOCCOCCC(=O)NCCOCCOCCOCCOCCOCCC(=O)N3CCc4cc(CNc5ncnc(N)c5C(=N)c5cnc6[nH]ccc6c5)ccc4C3)CC2)CC(=O)[C@H](C)/C=C(\C)[C@@H](O)CC(=O)[C@H](C)C[C@H](C)/C=C/C=C/C=C/1C. The van der Waals surface area contributed by atoms with E-state index in [9.17, 15) is 48.6 Å². The third-order valence-corrected chi connectivity index (χ3v) is 24.8. The molecule has 2 saturated heterocycles. The molecule has 0 spiro atoms. The molecule has 1 unspecified atom stereocenters. The number of nitrogen functional groups attached to an aromatic ring is 1. The number of rotatable bonds is 46. The first-order chi connectivity index (χ1) is 64.3. The number of nitrogens with two attached hydrogens (primary N) is 1. The maximum absolute atomic E-state index is 14.3. The highest BCUT2D eigenvalue weighted by Gasteiger charge is 2.53. The molecule has 133 heavy (non-hydrogen) atoms. The standard InChI is InChI=1S/C98H145N11O24/c1-67-13-9-8-10-14-68(2)86(120-7)61-82-22-16-72(6)98(119,133-82)92(116)96(117)109-33-12-11-15-79(109)59-89(115)131-81(60-83(110)70(4)56-71(5)85(112)62-84(111)69(3)55-67)25-20-73-18-23-80(24-19-73)132-97(118)103-32-38-124-42-46-128-50-54-129-51-47-125-43-39-121-35-28-87(113)101-31-37-123-41-45-127-49-53-130-52-48-126-44-40-122-36-29-88(114)108-34-27-75-57-74(17-21-77(75)65-108)63-104-95-90(93(100)106-66-107-95)91(99)78-58-76-26-30-102-94(76)105-64-78/h8-10,13-14,17,21,26,30,56-58,64,66-67,69-70,72-73,79-82,85-86,99,112,119H,11-12,15-16,18-20,22-25,27-29,31-55,59-63,65H2,1-7H3,(H,101,113)(H,102,105)(H,103,118)(H3,100,104,106,107)/b10-8+,13-9+,68-14+,71-56+,99-91?/t67-,69-,70-,72-,73-,79+,80-,81-,82?,85+,86+,98-/m1/s1. The van der Waals surface area contributed by atoms with Crippen molar-refractivity contribution < 1.29 is 115 Å². The Kier molecular flexibility index (Phi) is 47.7. The number of carbonyl (C=O) groups is 8. The topological polar surface area (TPSA) is 453 Å². The molecule has 7 heterocycles. The molecule has 2 bridgehead atoms. The number of aliphatic hydroxyl groups excluding tert-OH is 1. The number of ketones is 3. The number of carbonyl (C=O) groups excluding carboxylic acids is 8. The van der Waals surface area contributed by atoms with E-state index >= 15 is 0 Å². The number of aliphatic hydroxyl groups is 2. The Morgan fingerprint density at radius 2 is 1.30 bits per heavy atom. The second-order valence-electron chi connectivity index (χ2n) is 35.1. The van der Waals surface area contributed by atoms with E-state index < -0.39 is 71.8 Å². The van der Waals surface area contributed by atoms with Crippen LogP contribution in [0.15, 0.2) is 96.7 Å². The van der Waals surface area contributed by atoms with E-state index in [0.717, 1.165) is 47.0 Å². The largest absolute Gasteiger partial charge is 0.462 e. The lowest BCUT2D eigenvalue weighted by atomic mass is 9.83. The van der Waals surface area contributed by atoms with Crippen LogP contribution in [-0.2, 0) is 119 Å². The Morgan fingerprint density at radius 1 is 0.662 bits per heavy atom. The molecule has 5 aliphatic rings. The number of hydrogen-bond donors (Lipinski definition) is 8. The maximum atomic E-state index is 14.3. The van der Waals surface area contributed by atoms with Crippen LogP contribution in [-0.4, -0.2) is 301 Å². The van der Waals surface area contributed by atoms with Gasteiger partial charge in [0.15, 0.2) is 0 Å². The third-order valence-electron chi connectivity index (χ3n) is 24.8. The van der Waals surface area contributed by atoms with Crippen molar-refractivity contribution in [1.29, 1.82) is 5.41 Å². The molecule has 35 heteroatoms. The summed E-state index contributed by atoms with van der Waals surface area (Å²) in [5.74, 6) is -6.27. The van der Waals surface area contributed by atoms with Crippen LogP contribution >= 0.6 is 0 Å². The number of fused-ring (bicyclic) bond motifs is 5. The minimum Gasteiger partial charge on any atom is -0.462 e. The number of pyridine rings is 1. The number of ether oxygens (including phenoxy) is 14. The summed E-state index contributed by atoms with van der Waals surface area (Å²) in [6.45, 7) is 20.3. The number of Topliss-reactive ketones (excluding diaryl/α,β-unsaturated/α-hetero) is 3. The average molecular weight is 1860 g/mol. The first-order valence-corrected chi connectivity index (χ1v) is 47.5. The summed E-state index contributed by atoms with van der Waals surface area (Å²) >= 11 is 0. The predicted molar refractivity (Wildman–Crippen MR) is 497 cm³/mol. The fourth-order valence-electron chi connectivity index (χ4n) is 16.9. The van der Waals surface area contributed by atoms with E-state index in [1.807, 2.05) is 74.3 Å². The summed E-state index contributed by atoms with van der Waals surface area (Å²) in [6.07, 6.45) is 20.3. The Bertz CT molecular complexity index is 4420. The van der Waals surface area contributed by atoms with E-state index in [2.05, 4.69) is 48.0 Å². The van der Waals surface area contributed by atoms with Gasteiger partial charge in [0, 0.05) is 119 Å². The van der Waals surface area contributed by atoms with Gasteiger partial charge >= 0.3 is 12.1 Å². The molecule has 9 N–H and O–H groups in total. The van der Waals surface area contributed by atoms with Crippen molar-refractivity contribution in [2.75, 3.05) is 176 Å². The summed E-state index contributed by atoms with van der Waals surface area (Å²) in [7, 11) is 1.58. The number of nitrogens with zero attached hydrogens (tertiary/aromatic N) is 5. The highest BCUT2D eigenvalue weighted by molar-refractivity contribution is 6.39. The number of H-pyrrole nitrogens is 1. The van der Waals surface area contributed by atoms with E-state index in [-0.39, 0.29) is 117 Å². The van der Waals surface area contributed by atoms with Gasteiger partial charge in [-0.3, -0.25) is 39.0 Å². The van der Waals surface area contributed by atoms with Gasteiger partial charge in [-0.2, -0.15) is 0 Å². The van der Waals surface area contributed by atoms with Crippen molar-refractivity contribution in [2.45, 2.75) is 219 Å². The first kappa shape index (κ1) is 107. The van der Waals surface area contributed by atoms with Crippen molar-refractivity contribution in [1.82, 2.24) is 40.4 Å². The fraction of sp³-hybridized carbons (Fsp3) is 0.653. The molecule has 4 amide bonds. The molecule has 1 saturated carbocycles. The number of alkyl carbamates (subject to hydrolysis) is 1. The zero-order valence-electron chi connectivity index (χ0n) is 78.9. The van der Waals surface area contributed by atoms with Gasteiger partial charge in [0.05, 0.1) is 175 Å². The van der Waals surface area contributed by atoms with Crippen molar-refractivity contribution in [2.24, 2.45) is 29.6 Å². The van der Waals surface area contributed by atoms with Crippen LogP contribution < -0.4 is 21.7 Å². The molecule has 9 rings (SSSR count). The smallest absolute Gasteiger partial charge is 0.407 e. The predicted octanol–water partition coefficient (Wildman–Crippen LogP) is 9.73. The van der Waals surface area contributed by atoms with Gasteiger partial charge in [-0.25, -0.2) is 19.7 Å². The number of hydrogen-bond acceptors (Lipinski definition) is 30. The Morgan fingerprint density at radius 3 is 1.96 bits per heavy atom. The molecule has 4 aromatic rings. The van der Waals surface area contributed by atoms with Crippen molar-refractivity contribution in [3.63, 3.8) is 0 Å². The molecular formula is C98H145N11O24. The molecule has 736 valence electrons. The van der Waals surface area contributed by atoms with Crippen LogP contribution in [0.5, 0.6) is 0 Å². The molecule has 35 nitrogen and oxygen atoms in total. The van der Waals surface area contributed by atoms with E-state index in [0.29, 0.717) is 238 Å². The second kappa shape index (κ2) is 59.0.